The van der Waals surface area contributed by atoms with Gasteiger partial charge in [-0.25, -0.2) is 4.98 Å². The summed E-state index contributed by atoms with van der Waals surface area (Å²) < 4.78 is 16.8. The summed E-state index contributed by atoms with van der Waals surface area (Å²) in [5.41, 5.74) is 2.70. The fraction of sp³-hybridized carbons (Fsp3) is 0.320. The lowest BCUT2D eigenvalue weighted by Gasteiger charge is -2.21. The molecule has 1 aliphatic heterocycles. The first kappa shape index (κ1) is 22.4. The maximum atomic E-state index is 12.7. The number of aryl methyl sites for hydroxylation is 2. The van der Waals surface area contributed by atoms with Gasteiger partial charge in [0.15, 0.2) is 23.1 Å². The third kappa shape index (κ3) is 5.71. The number of hydrogen-bond acceptors (Lipinski definition) is 6. The van der Waals surface area contributed by atoms with Crippen LogP contribution in [0.25, 0.3) is 11.3 Å². The summed E-state index contributed by atoms with van der Waals surface area (Å²) in [4.78, 5) is 31.0. The second-order valence-electron chi connectivity index (χ2n) is 7.80. The van der Waals surface area contributed by atoms with Crippen molar-refractivity contribution >= 4 is 17.5 Å². The number of nitrogens with zero attached hydrogens (tertiary/aromatic N) is 2. The van der Waals surface area contributed by atoms with Crippen LogP contribution in [0.1, 0.15) is 24.8 Å². The monoisotopic (exact) mass is 449 g/mol. The van der Waals surface area contributed by atoms with Crippen molar-refractivity contribution in [1.82, 2.24) is 9.88 Å². The molecule has 33 heavy (non-hydrogen) atoms. The molecule has 8 heteroatoms. The molecule has 4 rings (SSSR count). The lowest BCUT2D eigenvalue weighted by Crippen LogP contribution is -2.38. The predicted octanol–water partition coefficient (Wildman–Crippen LogP) is 3.84. The molecule has 0 unspecified atom stereocenters. The van der Waals surface area contributed by atoms with Gasteiger partial charge in [0.1, 0.15) is 13.2 Å². The van der Waals surface area contributed by atoms with Crippen molar-refractivity contribution < 1.29 is 23.5 Å². The minimum atomic E-state index is -0.278. The van der Waals surface area contributed by atoms with E-state index in [0.717, 1.165) is 5.56 Å². The average molecular weight is 450 g/mol. The van der Waals surface area contributed by atoms with Crippen LogP contribution < -0.4 is 14.8 Å². The summed E-state index contributed by atoms with van der Waals surface area (Å²) >= 11 is 0. The first-order chi connectivity index (χ1) is 16.0. The van der Waals surface area contributed by atoms with Crippen molar-refractivity contribution in [2.24, 2.45) is 0 Å². The van der Waals surface area contributed by atoms with E-state index in [2.05, 4.69) is 10.3 Å². The summed E-state index contributed by atoms with van der Waals surface area (Å²) in [5.74, 6) is 2.00. The number of carbonyl (C=O) groups is 2. The van der Waals surface area contributed by atoms with Crippen molar-refractivity contribution in [2.45, 2.75) is 26.7 Å². The molecule has 0 radical (unpaired) electrons. The summed E-state index contributed by atoms with van der Waals surface area (Å²) in [6.45, 7) is 5.23. The lowest BCUT2D eigenvalue weighted by atomic mass is 10.1. The number of amides is 2. The second-order valence-corrected chi connectivity index (χ2v) is 7.80. The van der Waals surface area contributed by atoms with Gasteiger partial charge in [-0.3, -0.25) is 9.59 Å². The number of hydrogen-bond donors (Lipinski definition) is 1. The Balaban J connectivity index is 1.29. The van der Waals surface area contributed by atoms with Gasteiger partial charge in [0, 0.05) is 36.7 Å². The number of oxazole rings is 1. The van der Waals surface area contributed by atoms with Gasteiger partial charge in [0.25, 0.3) is 0 Å². The lowest BCUT2D eigenvalue weighted by molar-refractivity contribution is -0.134. The average Bonchev–Trinajstić information content (AvgIpc) is 3.30. The van der Waals surface area contributed by atoms with E-state index in [9.17, 15) is 9.59 Å². The number of ether oxygens (including phenoxy) is 2. The highest BCUT2D eigenvalue weighted by Crippen LogP contribution is 2.32. The zero-order valence-electron chi connectivity index (χ0n) is 18.8. The first-order valence-electron chi connectivity index (χ1n) is 11.0. The zero-order chi connectivity index (χ0) is 23.2. The summed E-state index contributed by atoms with van der Waals surface area (Å²) in [6.07, 6.45) is 2.24. The van der Waals surface area contributed by atoms with Crippen molar-refractivity contribution in [1.29, 1.82) is 0 Å². The maximum absolute atomic E-state index is 12.7. The summed E-state index contributed by atoms with van der Waals surface area (Å²) in [7, 11) is 0. The van der Waals surface area contributed by atoms with Crippen molar-refractivity contribution in [3.8, 4) is 22.8 Å². The summed E-state index contributed by atoms with van der Waals surface area (Å²) in [5, 5.41) is 2.81. The van der Waals surface area contributed by atoms with Crippen molar-refractivity contribution in [3.05, 3.63) is 60.1 Å². The Morgan fingerprint density at radius 2 is 1.82 bits per heavy atom. The van der Waals surface area contributed by atoms with Crippen LogP contribution in [0.5, 0.6) is 11.5 Å². The zero-order valence-corrected chi connectivity index (χ0v) is 18.8. The molecule has 0 saturated carbocycles. The number of benzene rings is 2. The minimum absolute atomic E-state index is 0.0377. The molecule has 3 aromatic rings. The molecule has 2 amide bonds. The van der Waals surface area contributed by atoms with Crippen LogP contribution in [0.4, 0.5) is 5.69 Å². The van der Waals surface area contributed by atoms with E-state index in [1.165, 1.54) is 10.5 Å². The van der Waals surface area contributed by atoms with Crippen LogP contribution in [0.15, 0.2) is 53.1 Å². The molecule has 0 spiro atoms. The number of carbonyl (C=O) groups excluding carboxylic acids is 2. The van der Waals surface area contributed by atoms with Crippen LogP contribution in [0.3, 0.4) is 0 Å². The smallest absolute Gasteiger partial charge is 0.243 e. The highest BCUT2D eigenvalue weighted by molar-refractivity contribution is 5.94. The van der Waals surface area contributed by atoms with E-state index < -0.39 is 0 Å². The van der Waals surface area contributed by atoms with Gasteiger partial charge in [0.2, 0.25) is 11.8 Å². The molecule has 0 atom stereocenters. The van der Waals surface area contributed by atoms with Crippen LogP contribution in [-0.4, -0.2) is 48.0 Å². The van der Waals surface area contributed by atoms with E-state index in [1.807, 2.05) is 38.1 Å². The second kappa shape index (κ2) is 10.2. The van der Waals surface area contributed by atoms with Gasteiger partial charge in [-0.1, -0.05) is 29.8 Å². The van der Waals surface area contributed by atoms with E-state index >= 15 is 0 Å². The molecule has 0 bridgehead atoms. The van der Waals surface area contributed by atoms with Gasteiger partial charge >= 0.3 is 0 Å². The molecule has 0 saturated heterocycles. The normalized spacial score (nSPS) is 12.3. The van der Waals surface area contributed by atoms with E-state index in [-0.39, 0.29) is 24.8 Å². The largest absolute Gasteiger partial charge is 0.486 e. The number of aromatic nitrogens is 1. The SMILES string of the molecule is CCN(CC(=O)Nc1ccc2c(c1)OCCO2)C(=O)CCc1ncc(-c2ccc(C)cc2)o1. The van der Waals surface area contributed by atoms with E-state index in [1.54, 1.807) is 24.4 Å². The molecule has 0 aliphatic carbocycles. The molecular weight excluding hydrogens is 422 g/mol. The van der Waals surface area contributed by atoms with Gasteiger partial charge in [-0.05, 0) is 26.0 Å². The Hall–Kier alpha value is -3.81. The van der Waals surface area contributed by atoms with Crippen LogP contribution in [0, 0.1) is 6.92 Å². The topological polar surface area (TPSA) is 93.9 Å². The number of rotatable bonds is 8. The van der Waals surface area contributed by atoms with Crippen molar-refractivity contribution in [3.63, 3.8) is 0 Å². The molecule has 2 heterocycles. The Morgan fingerprint density at radius 3 is 2.58 bits per heavy atom. The maximum Gasteiger partial charge on any atom is 0.243 e. The summed E-state index contributed by atoms with van der Waals surface area (Å²) in [6, 6.07) is 13.2. The molecule has 0 fully saturated rings. The third-order valence-electron chi connectivity index (χ3n) is 5.34. The van der Waals surface area contributed by atoms with E-state index in [4.69, 9.17) is 13.9 Å². The highest BCUT2D eigenvalue weighted by Gasteiger charge is 2.18. The fourth-order valence-corrected chi connectivity index (χ4v) is 3.52. The number of nitrogens with one attached hydrogen (secondary N) is 1. The van der Waals surface area contributed by atoms with Crippen LogP contribution >= 0.6 is 0 Å². The molecule has 2 aromatic carbocycles. The molecule has 8 nitrogen and oxygen atoms in total. The Morgan fingerprint density at radius 1 is 1.06 bits per heavy atom. The molecule has 1 N–H and O–H groups in total. The first-order valence-corrected chi connectivity index (χ1v) is 11.0. The van der Waals surface area contributed by atoms with Gasteiger partial charge in [0.05, 0.1) is 12.7 Å². The Kier molecular flexibility index (Phi) is 6.92. The van der Waals surface area contributed by atoms with Gasteiger partial charge in [-0.15, -0.1) is 0 Å². The number of likely N-dealkylation sites (N-methyl/N-ethyl adjacent to an activating group) is 1. The van der Waals surface area contributed by atoms with Crippen molar-refractivity contribution in [2.75, 3.05) is 31.6 Å². The standard InChI is InChI=1S/C25H27N3O5/c1-3-28(16-23(29)27-19-8-9-20-21(14-19)32-13-12-31-20)25(30)11-10-24-26-15-22(33-24)18-6-4-17(2)5-7-18/h4-9,14-15H,3,10-13,16H2,1-2H3,(H,27,29). The quantitative estimate of drug-likeness (QED) is 0.562. The Labute approximate surface area is 192 Å². The predicted molar refractivity (Wildman–Crippen MR) is 123 cm³/mol. The number of anilines is 1. The molecular formula is C25H27N3O5. The van der Waals surface area contributed by atoms with E-state index in [0.29, 0.717) is 55.0 Å². The van der Waals surface area contributed by atoms with Crippen LogP contribution in [0.2, 0.25) is 0 Å². The highest BCUT2D eigenvalue weighted by atomic mass is 16.6. The molecule has 172 valence electrons. The van der Waals surface area contributed by atoms with Gasteiger partial charge in [-0.2, -0.15) is 0 Å². The number of fused-ring (bicyclic) bond motifs is 1. The molecule has 1 aromatic heterocycles. The molecule has 1 aliphatic rings. The third-order valence-corrected chi connectivity index (χ3v) is 5.34. The Bertz CT molecular complexity index is 1120. The van der Waals surface area contributed by atoms with Gasteiger partial charge < -0.3 is 24.1 Å². The van der Waals surface area contributed by atoms with Crippen LogP contribution in [-0.2, 0) is 16.0 Å². The minimum Gasteiger partial charge on any atom is -0.486 e. The fourth-order valence-electron chi connectivity index (χ4n) is 3.52.